The number of hydrogen-bond donors (Lipinski definition) is 1. The molecule has 0 aromatic carbocycles. The monoisotopic (exact) mass is 234 g/mol. The minimum Gasteiger partial charge on any atom is -0.354 e. The van der Waals surface area contributed by atoms with E-state index < -0.39 is 5.41 Å². The Kier molecular flexibility index (Phi) is 6.22. The third-order valence-electron chi connectivity index (χ3n) is 2.58. The molecule has 0 radical (unpaired) electrons. The average Bonchev–Trinajstić information content (AvgIpc) is 2.17. The van der Waals surface area contributed by atoms with E-state index in [1.165, 1.54) is 0 Å². The van der Waals surface area contributed by atoms with Crippen molar-refractivity contribution in [3.63, 3.8) is 0 Å². The highest BCUT2D eigenvalue weighted by molar-refractivity contribution is 6.19. The Balaban J connectivity index is 3.83. The first-order valence-electron chi connectivity index (χ1n) is 5.35. The summed E-state index contributed by atoms with van der Waals surface area (Å²) in [5, 5.41) is 2.89. The van der Waals surface area contributed by atoms with Crippen molar-refractivity contribution in [3.8, 4) is 0 Å². The second-order valence-corrected chi connectivity index (χ2v) is 5.12. The van der Waals surface area contributed by atoms with Crippen molar-refractivity contribution in [1.29, 1.82) is 0 Å². The van der Waals surface area contributed by atoms with E-state index in [1.54, 1.807) is 0 Å². The van der Waals surface area contributed by atoms with Gasteiger partial charge >= 0.3 is 0 Å². The highest BCUT2D eigenvalue weighted by atomic mass is 35.5. The van der Waals surface area contributed by atoms with Gasteiger partial charge in [-0.1, -0.05) is 0 Å². The fourth-order valence-electron chi connectivity index (χ4n) is 0.904. The topological polar surface area (TPSA) is 32.3 Å². The van der Waals surface area contributed by atoms with E-state index >= 15 is 0 Å². The van der Waals surface area contributed by atoms with E-state index in [0.717, 1.165) is 6.54 Å². The molecule has 3 nitrogen and oxygen atoms in total. The fraction of sp³-hybridized carbons (Fsp3) is 0.909. The molecule has 0 aliphatic heterocycles. The van der Waals surface area contributed by atoms with Crippen LogP contribution in [0.25, 0.3) is 0 Å². The molecular formula is C11H23ClN2O. The van der Waals surface area contributed by atoms with Crippen LogP contribution in [0, 0.1) is 5.41 Å². The smallest absolute Gasteiger partial charge is 0.226 e. The van der Waals surface area contributed by atoms with Crippen LogP contribution in [-0.4, -0.2) is 42.9 Å². The van der Waals surface area contributed by atoms with Gasteiger partial charge in [0, 0.05) is 25.0 Å². The van der Waals surface area contributed by atoms with E-state index in [4.69, 9.17) is 11.6 Å². The van der Waals surface area contributed by atoms with Crippen molar-refractivity contribution < 1.29 is 4.79 Å². The number of carbonyl (C=O) groups is 1. The molecule has 15 heavy (non-hydrogen) atoms. The second-order valence-electron chi connectivity index (χ2n) is 4.85. The number of alkyl halides is 1. The molecule has 0 fully saturated rings. The van der Waals surface area contributed by atoms with Crippen molar-refractivity contribution in [3.05, 3.63) is 0 Å². The van der Waals surface area contributed by atoms with Gasteiger partial charge in [0.15, 0.2) is 0 Å². The summed E-state index contributed by atoms with van der Waals surface area (Å²) >= 11 is 5.71. The van der Waals surface area contributed by atoms with Gasteiger partial charge in [-0.05, 0) is 34.7 Å². The summed E-state index contributed by atoms with van der Waals surface area (Å²) in [7, 11) is 2.05. The Bertz CT molecular complexity index is 205. The second kappa shape index (κ2) is 6.33. The number of rotatable bonds is 6. The van der Waals surface area contributed by atoms with Gasteiger partial charge in [0.25, 0.3) is 0 Å². The molecule has 0 heterocycles. The molecule has 0 rings (SSSR count). The van der Waals surface area contributed by atoms with Gasteiger partial charge in [0.05, 0.1) is 5.41 Å². The molecule has 0 saturated heterocycles. The first kappa shape index (κ1) is 14.7. The molecule has 0 aliphatic carbocycles. The van der Waals surface area contributed by atoms with Gasteiger partial charge in [0.2, 0.25) is 5.91 Å². The zero-order valence-electron chi connectivity index (χ0n) is 10.4. The molecule has 1 N–H and O–H groups in total. The Morgan fingerprint density at radius 2 is 2.00 bits per heavy atom. The highest BCUT2D eigenvalue weighted by Crippen LogP contribution is 2.16. The van der Waals surface area contributed by atoms with Gasteiger partial charge in [0.1, 0.15) is 0 Å². The van der Waals surface area contributed by atoms with Crippen LogP contribution >= 0.6 is 11.6 Å². The minimum absolute atomic E-state index is 0.0228. The van der Waals surface area contributed by atoms with Crippen molar-refractivity contribution in [2.75, 3.05) is 26.0 Å². The quantitative estimate of drug-likeness (QED) is 0.710. The zero-order chi connectivity index (χ0) is 12.1. The number of likely N-dealkylation sites (N-methyl/N-ethyl adjacent to an activating group) is 1. The normalized spacial score (nSPS) is 12.3. The maximum atomic E-state index is 11.6. The molecule has 0 aromatic heterocycles. The Labute approximate surface area is 98.2 Å². The molecule has 0 unspecified atom stereocenters. The van der Waals surface area contributed by atoms with E-state index in [0.29, 0.717) is 18.5 Å². The van der Waals surface area contributed by atoms with Crippen molar-refractivity contribution in [1.82, 2.24) is 10.2 Å². The van der Waals surface area contributed by atoms with E-state index in [2.05, 4.69) is 24.1 Å². The van der Waals surface area contributed by atoms with Crippen LogP contribution in [0.1, 0.15) is 27.7 Å². The number of nitrogens with zero attached hydrogens (tertiary/aromatic N) is 1. The lowest BCUT2D eigenvalue weighted by atomic mass is 9.95. The summed E-state index contributed by atoms with van der Waals surface area (Å²) in [5.41, 5.74) is -0.474. The van der Waals surface area contributed by atoms with E-state index in [-0.39, 0.29) is 5.91 Å². The Morgan fingerprint density at radius 3 is 2.40 bits per heavy atom. The van der Waals surface area contributed by atoms with Crippen LogP contribution < -0.4 is 5.32 Å². The number of amides is 1. The van der Waals surface area contributed by atoms with Crippen LogP contribution in [0.15, 0.2) is 0 Å². The van der Waals surface area contributed by atoms with Gasteiger partial charge in [-0.2, -0.15) is 0 Å². The standard InChI is InChI=1S/C11H23ClN2O/c1-9(2)14(5)7-6-13-10(15)11(3,4)8-12/h9H,6-8H2,1-5H3,(H,13,15). The maximum Gasteiger partial charge on any atom is 0.226 e. The van der Waals surface area contributed by atoms with Crippen molar-refractivity contribution >= 4 is 17.5 Å². The Hall–Kier alpha value is -0.280. The minimum atomic E-state index is -0.474. The number of halogens is 1. The summed E-state index contributed by atoms with van der Waals surface area (Å²) in [6.45, 7) is 9.49. The van der Waals surface area contributed by atoms with Gasteiger partial charge in [-0.25, -0.2) is 0 Å². The van der Waals surface area contributed by atoms with Gasteiger partial charge in [-0.3, -0.25) is 4.79 Å². The Morgan fingerprint density at radius 1 is 1.47 bits per heavy atom. The van der Waals surface area contributed by atoms with Crippen molar-refractivity contribution in [2.45, 2.75) is 33.7 Å². The lowest BCUT2D eigenvalue weighted by Gasteiger charge is -2.24. The fourth-order valence-corrected chi connectivity index (χ4v) is 1.03. The summed E-state index contributed by atoms with van der Waals surface area (Å²) in [6, 6.07) is 0.503. The van der Waals surface area contributed by atoms with Gasteiger partial charge < -0.3 is 10.2 Å². The molecule has 0 aromatic rings. The first-order chi connectivity index (χ1) is 6.81. The predicted octanol–water partition coefficient (Wildman–Crippen LogP) is 1.71. The van der Waals surface area contributed by atoms with Crippen LogP contribution in [-0.2, 0) is 4.79 Å². The zero-order valence-corrected chi connectivity index (χ0v) is 11.2. The van der Waals surface area contributed by atoms with Gasteiger partial charge in [-0.15, -0.1) is 11.6 Å². The summed E-state index contributed by atoms with van der Waals surface area (Å²) in [5.74, 6) is 0.369. The lowest BCUT2D eigenvalue weighted by Crippen LogP contribution is -2.42. The van der Waals surface area contributed by atoms with E-state index in [9.17, 15) is 4.79 Å². The maximum absolute atomic E-state index is 11.6. The molecular weight excluding hydrogens is 212 g/mol. The predicted molar refractivity (Wildman–Crippen MR) is 65.3 cm³/mol. The molecule has 0 atom stereocenters. The average molecular weight is 235 g/mol. The van der Waals surface area contributed by atoms with Crippen molar-refractivity contribution in [2.24, 2.45) is 5.41 Å². The highest BCUT2D eigenvalue weighted by Gasteiger charge is 2.25. The molecule has 4 heteroatoms. The molecule has 0 bridgehead atoms. The van der Waals surface area contributed by atoms with Crippen LogP contribution in [0.2, 0.25) is 0 Å². The lowest BCUT2D eigenvalue weighted by molar-refractivity contribution is -0.128. The third kappa shape index (κ3) is 5.38. The first-order valence-corrected chi connectivity index (χ1v) is 5.89. The van der Waals surface area contributed by atoms with E-state index in [1.807, 2.05) is 20.9 Å². The largest absolute Gasteiger partial charge is 0.354 e. The van der Waals surface area contributed by atoms with Crippen LogP contribution in [0.3, 0.4) is 0 Å². The summed E-state index contributed by atoms with van der Waals surface area (Å²) < 4.78 is 0. The van der Waals surface area contributed by atoms with Crippen LogP contribution in [0.5, 0.6) is 0 Å². The number of hydrogen-bond acceptors (Lipinski definition) is 2. The summed E-state index contributed by atoms with van der Waals surface area (Å²) in [4.78, 5) is 13.8. The third-order valence-corrected chi connectivity index (χ3v) is 3.25. The molecule has 0 saturated carbocycles. The van der Waals surface area contributed by atoms with Crippen LogP contribution in [0.4, 0.5) is 0 Å². The molecule has 0 spiro atoms. The SMILES string of the molecule is CC(C)N(C)CCNC(=O)C(C)(C)CCl. The molecule has 0 aliphatic rings. The molecule has 90 valence electrons. The number of nitrogens with one attached hydrogen (secondary N) is 1. The summed E-state index contributed by atoms with van der Waals surface area (Å²) in [6.07, 6.45) is 0. The molecule has 1 amide bonds. The number of carbonyl (C=O) groups excluding carboxylic acids is 1.